The fraction of sp³-hybridized carbons (Fsp3) is 0.727. The van der Waals surface area contributed by atoms with Crippen molar-refractivity contribution in [1.82, 2.24) is 10.3 Å². The second kappa shape index (κ2) is 5.38. The van der Waals surface area contributed by atoms with Crippen molar-refractivity contribution in [3.8, 4) is 0 Å². The summed E-state index contributed by atoms with van der Waals surface area (Å²) < 4.78 is 11.2. The summed E-state index contributed by atoms with van der Waals surface area (Å²) in [4.78, 5) is 4.49. The van der Waals surface area contributed by atoms with Crippen LogP contribution >= 0.6 is 11.3 Å². The number of hydrogen-bond acceptors (Lipinski definition) is 4. The molecule has 1 aliphatic rings. The predicted molar refractivity (Wildman–Crippen MR) is 69.3 cm³/mol. The fourth-order valence-electron chi connectivity index (χ4n) is 1.96. The van der Waals surface area contributed by atoms with E-state index in [2.05, 4.69) is 22.6 Å². The molecule has 0 spiro atoms. The Balaban J connectivity index is 1.87. The van der Waals surface area contributed by atoms with Gasteiger partial charge < -0.3 is 5.32 Å². The smallest absolute Gasteiger partial charge is 0.110 e. The average molecular weight is 258 g/mol. The maximum atomic E-state index is 11.2. The highest BCUT2D eigenvalue weighted by Crippen LogP contribution is 2.20. The molecular weight excluding hydrogens is 240 g/mol. The van der Waals surface area contributed by atoms with Crippen LogP contribution < -0.4 is 5.32 Å². The maximum absolute atomic E-state index is 11.2. The van der Waals surface area contributed by atoms with E-state index in [4.69, 9.17) is 0 Å². The van der Waals surface area contributed by atoms with E-state index in [1.807, 2.05) is 6.92 Å². The van der Waals surface area contributed by atoms with Crippen LogP contribution in [0.4, 0.5) is 0 Å². The molecule has 0 radical (unpaired) electrons. The Bertz CT molecular complexity index is 368. The molecule has 0 aromatic carbocycles. The quantitative estimate of drug-likeness (QED) is 0.902. The summed E-state index contributed by atoms with van der Waals surface area (Å²) in [6.07, 6.45) is 2.06. The minimum Gasteiger partial charge on any atom is -0.305 e. The molecule has 16 heavy (non-hydrogen) atoms. The minimum atomic E-state index is -0.569. The number of rotatable bonds is 3. The fourth-order valence-corrected chi connectivity index (χ4v) is 4.07. The molecule has 1 unspecified atom stereocenters. The minimum absolute atomic E-state index is 0.315. The third-order valence-electron chi connectivity index (χ3n) is 2.88. The molecule has 0 amide bonds. The molecule has 2 heterocycles. The summed E-state index contributed by atoms with van der Waals surface area (Å²) in [5, 5.41) is 6.83. The topological polar surface area (TPSA) is 42.0 Å². The lowest BCUT2D eigenvalue weighted by Gasteiger charge is -2.25. The van der Waals surface area contributed by atoms with Gasteiger partial charge in [0.15, 0.2) is 0 Å². The molecule has 1 aliphatic heterocycles. The lowest BCUT2D eigenvalue weighted by Crippen LogP contribution is -2.37. The summed E-state index contributed by atoms with van der Waals surface area (Å²) in [7, 11) is -0.569. The standard InChI is InChI=1S/C11H18N2OS2/c1-8-7-15-11(12-8)9(2)13-10-3-5-16(14)6-4-10/h7,9-10,13H,3-6H2,1-2H3. The Morgan fingerprint density at radius 3 is 2.81 bits per heavy atom. The Morgan fingerprint density at radius 1 is 1.56 bits per heavy atom. The van der Waals surface area contributed by atoms with Crippen LogP contribution in [0.5, 0.6) is 0 Å². The van der Waals surface area contributed by atoms with Gasteiger partial charge in [-0.15, -0.1) is 11.3 Å². The number of hydrogen-bond donors (Lipinski definition) is 1. The first-order chi connectivity index (χ1) is 7.65. The Hall–Kier alpha value is -0.260. The van der Waals surface area contributed by atoms with Crippen molar-refractivity contribution in [3.63, 3.8) is 0 Å². The first-order valence-corrected chi connectivity index (χ1v) is 8.05. The zero-order chi connectivity index (χ0) is 11.5. The van der Waals surface area contributed by atoms with Crippen molar-refractivity contribution in [2.24, 2.45) is 0 Å². The van der Waals surface area contributed by atoms with Crippen LogP contribution in [0, 0.1) is 6.92 Å². The molecule has 0 bridgehead atoms. The van der Waals surface area contributed by atoms with Crippen LogP contribution in [0.1, 0.15) is 36.5 Å². The van der Waals surface area contributed by atoms with E-state index in [1.165, 1.54) is 0 Å². The third-order valence-corrected chi connectivity index (χ3v) is 5.41. The second-order valence-electron chi connectivity index (χ2n) is 4.34. The van der Waals surface area contributed by atoms with Gasteiger partial charge in [0.25, 0.3) is 0 Å². The molecule has 1 saturated heterocycles. The SMILES string of the molecule is Cc1csc(C(C)NC2CCS(=O)CC2)n1. The second-order valence-corrected chi connectivity index (χ2v) is 6.92. The predicted octanol–water partition coefficient (Wildman–Crippen LogP) is 2.01. The number of nitrogens with one attached hydrogen (secondary N) is 1. The van der Waals surface area contributed by atoms with Gasteiger partial charge in [-0.05, 0) is 26.7 Å². The van der Waals surface area contributed by atoms with Gasteiger partial charge in [0, 0.05) is 39.4 Å². The molecule has 1 fully saturated rings. The van der Waals surface area contributed by atoms with E-state index in [0.29, 0.717) is 12.1 Å². The van der Waals surface area contributed by atoms with Gasteiger partial charge in [0.1, 0.15) is 5.01 Å². The van der Waals surface area contributed by atoms with Gasteiger partial charge in [0.05, 0.1) is 6.04 Å². The van der Waals surface area contributed by atoms with E-state index in [9.17, 15) is 4.21 Å². The van der Waals surface area contributed by atoms with E-state index >= 15 is 0 Å². The third kappa shape index (κ3) is 3.12. The highest BCUT2D eigenvalue weighted by molar-refractivity contribution is 7.85. The largest absolute Gasteiger partial charge is 0.305 e. The van der Waals surface area contributed by atoms with Crippen LogP contribution in [-0.2, 0) is 10.8 Å². The molecule has 1 N–H and O–H groups in total. The number of aryl methyl sites for hydroxylation is 1. The highest BCUT2D eigenvalue weighted by atomic mass is 32.2. The normalized spacial score (nSPS) is 27.9. The van der Waals surface area contributed by atoms with Crippen LogP contribution in [0.2, 0.25) is 0 Å². The number of thiazole rings is 1. The van der Waals surface area contributed by atoms with Gasteiger partial charge in [0.2, 0.25) is 0 Å². The molecule has 1 atom stereocenters. The first-order valence-electron chi connectivity index (χ1n) is 5.68. The number of aromatic nitrogens is 1. The van der Waals surface area contributed by atoms with E-state index in [-0.39, 0.29) is 0 Å². The molecule has 3 nitrogen and oxygen atoms in total. The van der Waals surface area contributed by atoms with Gasteiger partial charge in [-0.3, -0.25) is 4.21 Å². The molecule has 0 saturated carbocycles. The zero-order valence-electron chi connectivity index (χ0n) is 9.73. The van der Waals surface area contributed by atoms with Crippen molar-refractivity contribution >= 4 is 22.1 Å². The van der Waals surface area contributed by atoms with Crippen molar-refractivity contribution in [1.29, 1.82) is 0 Å². The Kier molecular flexibility index (Phi) is 4.10. The molecule has 1 aromatic rings. The molecule has 0 aliphatic carbocycles. The summed E-state index contributed by atoms with van der Waals surface area (Å²) in [5.74, 6) is 1.70. The van der Waals surface area contributed by atoms with Crippen molar-refractivity contribution in [2.45, 2.75) is 38.8 Å². The Morgan fingerprint density at radius 2 is 2.25 bits per heavy atom. The van der Waals surface area contributed by atoms with Crippen LogP contribution in [-0.4, -0.2) is 26.7 Å². The molecule has 5 heteroatoms. The maximum Gasteiger partial charge on any atom is 0.110 e. The van der Waals surface area contributed by atoms with Gasteiger partial charge in [-0.1, -0.05) is 0 Å². The lowest BCUT2D eigenvalue weighted by molar-refractivity contribution is 0.426. The first kappa shape index (κ1) is 12.2. The Labute approximate surface area is 103 Å². The summed E-state index contributed by atoms with van der Waals surface area (Å²) >= 11 is 1.71. The van der Waals surface area contributed by atoms with Gasteiger partial charge in [-0.2, -0.15) is 0 Å². The van der Waals surface area contributed by atoms with E-state index < -0.39 is 10.8 Å². The average Bonchev–Trinajstić information content (AvgIpc) is 2.68. The van der Waals surface area contributed by atoms with Crippen molar-refractivity contribution in [3.05, 3.63) is 16.1 Å². The molecular formula is C11H18N2OS2. The van der Waals surface area contributed by atoms with E-state index in [1.54, 1.807) is 11.3 Å². The zero-order valence-corrected chi connectivity index (χ0v) is 11.4. The van der Waals surface area contributed by atoms with Crippen LogP contribution in [0.15, 0.2) is 5.38 Å². The molecule has 1 aromatic heterocycles. The summed E-state index contributed by atoms with van der Waals surface area (Å²) in [5.41, 5.74) is 1.10. The monoisotopic (exact) mass is 258 g/mol. The summed E-state index contributed by atoms with van der Waals surface area (Å²) in [6, 6.07) is 0.826. The number of nitrogens with zero attached hydrogens (tertiary/aromatic N) is 1. The van der Waals surface area contributed by atoms with Gasteiger partial charge in [-0.25, -0.2) is 4.98 Å². The molecule has 90 valence electrons. The molecule has 2 rings (SSSR count). The van der Waals surface area contributed by atoms with Crippen molar-refractivity contribution < 1.29 is 4.21 Å². The van der Waals surface area contributed by atoms with E-state index in [0.717, 1.165) is 35.0 Å². The van der Waals surface area contributed by atoms with Crippen LogP contribution in [0.3, 0.4) is 0 Å². The highest BCUT2D eigenvalue weighted by Gasteiger charge is 2.20. The van der Waals surface area contributed by atoms with Crippen molar-refractivity contribution in [2.75, 3.05) is 11.5 Å². The lowest BCUT2D eigenvalue weighted by atomic mass is 10.1. The summed E-state index contributed by atoms with van der Waals surface area (Å²) in [6.45, 7) is 4.18. The van der Waals surface area contributed by atoms with Gasteiger partial charge >= 0.3 is 0 Å². The van der Waals surface area contributed by atoms with Crippen LogP contribution in [0.25, 0.3) is 0 Å².